The molecule has 3 aliphatic heterocycles. The first kappa shape index (κ1) is 20.8. The summed E-state index contributed by atoms with van der Waals surface area (Å²) in [6, 6.07) is 8.99. The highest BCUT2D eigenvalue weighted by atomic mass is 32.2. The molecule has 0 spiro atoms. The van der Waals surface area contributed by atoms with E-state index in [1.54, 1.807) is 11.1 Å². The van der Waals surface area contributed by atoms with Gasteiger partial charge in [0.1, 0.15) is 16.0 Å². The van der Waals surface area contributed by atoms with Gasteiger partial charge in [0.25, 0.3) is 0 Å². The molecule has 4 heterocycles. The Labute approximate surface area is 196 Å². The van der Waals surface area contributed by atoms with Gasteiger partial charge in [0.15, 0.2) is 0 Å². The number of ether oxygens (including phenoxy) is 1. The van der Waals surface area contributed by atoms with Crippen molar-refractivity contribution in [2.24, 2.45) is 0 Å². The smallest absolute Gasteiger partial charge is 0.327 e. The molecule has 3 atom stereocenters. The molecule has 2 aromatic rings. The number of hydrogen-bond donors (Lipinski definition) is 3. The molecule has 172 valence electrons. The van der Waals surface area contributed by atoms with Gasteiger partial charge in [-0.2, -0.15) is 0 Å². The lowest BCUT2D eigenvalue weighted by Crippen LogP contribution is -2.52. The Morgan fingerprint density at radius 2 is 2.12 bits per heavy atom. The molecule has 0 bridgehead atoms. The predicted molar refractivity (Wildman–Crippen MR) is 126 cm³/mol. The molecular weight excluding hydrogens is 438 g/mol. The summed E-state index contributed by atoms with van der Waals surface area (Å²) < 4.78 is 6.05. The van der Waals surface area contributed by atoms with Crippen LogP contribution in [0.4, 0.5) is 16.2 Å². The third kappa shape index (κ3) is 3.83. The average Bonchev–Trinajstić information content (AvgIpc) is 3.17. The molecule has 0 radical (unpaired) electrons. The van der Waals surface area contributed by atoms with Crippen molar-refractivity contribution in [3.8, 4) is 5.75 Å². The van der Waals surface area contributed by atoms with Gasteiger partial charge in [0.05, 0.1) is 23.5 Å². The quantitative estimate of drug-likeness (QED) is 0.627. The highest BCUT2D eigenvalue weighted by molar-refractivity contribution is 8.01. The van der Waals surface area contributed by atoms with Crippen LogP contribution in [0.2, 0.25) is 0 Å². The molecule has 8 nitrogen and oxygen atoms in total. The van der Waals surface area contributed by atoms with Crippen LogP contribution in [0.25, 0.3) is 0 Å². The normalized spacial score (nSPS) is 26.2. The van der Waals surface area contributed by atoms with Crippen LogP contribution in [0.1, 0.15) is 43.7 Å². The summed E-state index contributed by atoms with van der Waals surface area (Å²) in [5.74, 6) is 0.720. The number of pyridine rings is 1. The Hall–Kier alpha value is -2.78. The van der Waals surface area contributed by atoms with Crippen LogP contribution in [0, 0.1) is 0 Å². The lowest BCUT2D eigenvalue weighted by molar-refractivity contribution is -0.121. The maximum absolute atomic E-state index is 13.3. The summed E-state index contributed by atoms with van der Waals surface area (Å²) in [6.45, 7) is 1.77. The number of anilines is 2. The van der Waals surface area contributed by atoms with Gasteiger partial charge in [-0.1, -0.05) is 17.8 Å². The third-order valence-electron chi connectivity index (χ3n) is 6.84. The van der Waals surface area contributed by atoms with Gasteiger partial charge >= 0.3 is 6.03 Å². The summed E-state index contributed by atoms with van der Waals surface area (Å²) in [4.78, 5) is 32.7. The molecule has 1 saturated heterocycles. The van der Waals surface area contributed by atoms with E-state index >= 15 is 0 Å². The molecule has 1 aliphatic carbocycles. The van der Waals surface area contributed by atoms with Crippen molar-refractivity contribution in [2.75, 3.05) is 18.0 Å². The Balaban J connectivity index is 1.27. The zero-order valence-electron chi connectivity index (χ0n) is 18.3. The maximum atomic E-state index is 13.3. The summed E-state index contributed by atoms with van der Waals surface area (Å²) in [5, 5.41) is 9.94. The Kier molecular flexibility index (Phi) is 5.38. The first-order valence-electron chi connectivity index (χ1n) is 11.7. The minimum absolute atomic E-state index is 0.0488. The number of aromatic nitrogens is 1. The fourth-order valence-electron chi connectivity index (χ4n) is 4.92. The first-order chi connectivity index (χ1) is 16.2. The summed E-state index contributed by atoms with van der Waals surface area (Å²) >= 11 is 1.43. The van der Waals surface area contributed by atoms with Gasteiger partial charge in [-0.25, -0.2) is 9.78 Å². The Morgan fingerprint density at radius 1 is 1.21 bits per heavy atom. The minimum Gasteiger partial charge on any atom is -0.490 e. The van der Waals surface area contributed by atoms with Crippen molar-refractivity contribution in [1.82, 2.24) is 20.9 Å². The number of carbonyl (C=O) groups excluding carboxylic acids is 2. The highest BCUT2D eigenvalue weighted by Gasteiger charge is 2.47. The summed E-state index contributed by atoms with van der Waals surface area (Å²) in [6.07, 6.45) is 7.35. The monoisotopic (exact) mass is 465 g/mol. The first-order valence-corrected chi connectivity index (χ1v) is 12.6. The molecule has 1 saturated carbocycles. The largest absolute Gasteiger partial charge is 0.490 e. The van der Waals surface area contributed by atoms with Gasteiger partial charge in [-0.05, 0) is 56.8 Å². The molecule has 1 aromatic heterocycles. The number of urea groups is 1. The van der Waals surface area contributed by atoms with Crippen LogP contribution in [0.15, 0.2) is 41.6 Å². The van der Waals surface area contributed by atoms with Gasteiger partial charge in [0, 0.05) is 30.4 Å². The number of amides is 3. The zero-order chi connectivity index (χ0) is 22.4. The minimum atomic E-state index is -0.435. The van der Waals surface area contributed by atoms with Gasteiger partial charge in [-0.3, -0.25) is 9.69 Å². The van der Waals surface area contributed by atoms with E-state index < -0.39 is 11.3 Å². The number of nitrogens with one attached hydrogen (secondary N) is 3. The maximum Gasteiger partial charge on any atom is 0.327 e. The van der Waals surface area contributed by atoms with Crippen LogP contribution in [0.3, 0.4) is 0 Å². The van der Waals surface area contributed by atoms with Crippen LogP contribution >= 0.6 is 11.8 Å². The molecule has 3 amide bonds. The van der Waals surface area contributed by atoms with E-state index in [9.17, 15) is 9.59 Å². The van der Waals surface area contributed by atoms with Crippen LogP contribution in [-0.2, 0) is 4.79 Å². The van der Waals surface area contributed by atoms with Crippen molar-refractivity contribution in [3.63, 3.8) is 0 Å². The van der Waals surface area contributed by atoms with Crippen molar-refractivity contribution < 1.29 is 14.3 Å². The van der Waals surface area contributed by atoms with Crippen molar-refractivity contribution in [1.29, 1.82) is 0 Å². The molecule has 33 heavy (non-hydrogen) atoms. The van der Waals surface area contributed by atoms with E-state index in [2.05, 4.69) is 20.9 Å². The standard InChI is InChI=1S/C24H27N5O3S/c30-22(27-14-4-3-10-25-13-14)21-20-19-18(9-11-26-23(19)33-21)29(24(31)28-20)15-5-1-8-17(12-15)32-16-6-2-7-16/h1,5,8-9,11-12,14,16,20-21,25H,2-4,6-7,10,13H2,(H,27,30)(H,28,31)/t14?,20?,21-/m1/s1. The number of hydrogen-bond acceptors (Lipinski definition) is 6. The number of thioether (sulfide) groups is 1. The molecule has 4 aliphatic rings. The highest BCUT2D eigenvalue weighted by Crippen LogP contribution is 2.50. The number of carbonyl (C=O) groups is 2. The van der Waals surface area contributed by atoms with Crippen LogP contribution in [0.5, 0.6) is 5.75 Å². The van der Waals surface area contributed by atoms with Crippen molar-refractivity contribution in [2.45, 2.75) is 60.6 Å². The predicted octanol–water partition coefficient (Wildman–Crippen LogP) is 3.26. The molecule has 3 N–H and O–H groups in total. The van der Waals surface area contributed by atoms with Gasteiger partial charge < -0.3 is 20.7 Å². The lowest BCUT2D eigenvalue weighted by atomic mass is 9.96. The van der Waals surface area contributed by atoms with Crippen LogP contribution < -0.4 is 25.6 Å². The number of benzene rings is 1. The second-order valence-electron chi connectivity index (χ2n) is 9.07. The molecule has 2 unspecified atom stereocenters. The number of rotatable bonds is 5. The molecule has 6 rings (SSSR count). The van der Waals surface area contributed by atoms with Crippen molar-refractivity contribution in [3.05, 3.63) is 42.1 Å². The van der Waals surface area contributed by atoms with E-state index in [1.165, 1.54) is 18.2 Å². The Bertz CT molecular complexity index is 1090. The number of nitrogens with zero attached hydrogens (tertiary/aromatic N) is 2. The molecule has 1 aromatic carbocycles. The fraction of sp³-hybridized carbons (Fsp3) is 0.458. The van der Waals surface area contributed by atoms with Crippen LogP contribution in [-0.4, -0.2) is 47.4 Å². The van der Waals surface area contributed by atoms with E-state index in [0.717, 1.165) is 66.5 Å². The topological polar surface area (TPSA) is 95.6 Å². The fourth-order valence-corrected chi connectivity index (χ4v) is 6.15. The zero-order valence-corrected chi connectivity index (χ0v) is 19.1. The number of piperidine rings is 1. The second-order valence-corrected chi connectivity index (χ2v) is 10.2. The van der Waals surface area contributed by atoms with E-state index in [0.29, 0.717) is 0 Å². The Morgan fingerprint density at radius 3 is 2.91 bits per heavy atom. The third-order valence-corrected chi connectivity index (χ3v) is 8.13. The van der Waals surface area contributed by atoms with E-state index in [1.807, 2.05) is 30.3 Å². The average molecular weight is 466 g/mol. The summed E-state index contributed by atoms with van der Waals surface area (Å²) in [5.41, 5.74) is 2.42. The van der Waals surface area contributed by atoms with E-state index in [4.69, 9.17) is 4.74 Å². The second kappa shape index (κ2) is 8.53. The molecule has 2 fully saturated rings. The van der Waals surface area contributed by atoms with Gasteiger partial charge in [0.2, 0.25) is 5.91 Å². The molecule has 9 heteroatoms. The summed E-state index contributed by atoms with van der Waals surface area (Å²) in [7, 11) is 0. The van der Waals surface area contributed by atoms with E-state index in [-0.39, 0.29) is 24.1 Å². The van der Waals surface area contributed by atoms with Gasteiger partial charge in [-0.15, -0.1) is 0 Å². The van der Waals surface area contributed by atoms with Crippen molar-refractivity contribution >= 4 is 35.1 Å². The SMILES string of the molecule is O=C(NC1CCCNC1)[C@@H]1Sc2nccc3c2C1NC(=O)N3c1cccc(OC2CCC2)c1. The lowest BCUT2D eigenvalue weighted by Gasteiger charge is -2.35. The molecular formula is C24H27N5O3S.